The molecule has 0 amide bonds. The van der Waals surface area contributed by atoms with Crippen molar-refractivity contribution in [2.45, 2.75) is 83.3 Å². The molecule has 1 unspecified atom stereocenters. The number of rotatable bonds is 10. The zero-order valence-corrected chi connectivity index (χ0v) is 19.0. The average molecular weight is 459 g/mol. The predicted molar refractivity (Wildman–Crippen MR) is 115 cm³/mol. The molecule has 2 aliphatic rings. The number of unbranched alkanes of at least 4 members (excludes halogenated alkanes) is 2. The maximum atomic E-state index is 14.5. The zero-order chi connectivity index (χ0) is 23.1. The van der Waals surface area contributed by atoms with Gasteiger partial charge in [-0.05, 0) is 75.0 Å². The molecule has 32 heavy (non-hydrogen) atoms. The summed E-state index contributed by atoms with van der Waals surface area (Å²) in [4.78, 5) is 0. The van der Waals surface area contributed by atoms with Gasteiger partial charge in [0.05, 0.1) is 19.0 Å². The van der Waals surface area contributed by atoms with E-state index in [-0.39, 0.29) is 5.76 Å². The van der Waals surface area contributed by atoms with Gasteiger partial charge in [0.25, 0.3) is 0 Å². The van der Waals surface area contributed by atoms with Crippen molar-refractivity contribution in [2.75, 3.05) is 13.7 Å². The number of hydrogen-bond acceptors (Lipinski definition) is 3. The van der Waals surface area contributed by atoms with Crippen LogP contribution in [-0.4, -0.2) is 19.8 Å². The molecule has 2 aliphatic carbocycles. The summed E-state index contributed by atoms with van der Waals surface area (Å²) in [6.45, 7) is 3.02. The van der Waals surface area contributed by atoms with Crippen molar-refractivity contribution in [3.63, 3.8) is 0 Å². The normalized spacial score (nSPS) is 24.2. The summed E-state index contributed by atoms with van der Waals surface area (Å²) >= 11 is 0. The number of halogens is 4. The quantitative estimate of drug-likeness (QED) is 0.269. The van der Waals surface area contributed by atoms with Crippen molar-refractivity contribution in [2.24, 2.45) is 11.8 Å². The summed E-state index contributed by atoms with van der Waals surface area (Å²) in [7, 11) is 1.14. The monoisotopic (exact) mass is 458 g/mol. The van der Waals surface area contributed by atoms with Gasteiger partial charge >= 0.3 is 6.11 Å². The molecule has 1 aromatic carbocycles. The van der Waals surface area contributed by atoms with E-state index in [1.807, 2.05) is 0 Å². The van der Waals surface area contributed by atoms with E-state index in [1.54, 1.807) is 6.08 Å². The van der Waals surface area contributed by atoms with Crippen LogP contribution in [-0.2, 0) is 15.6 Å². The Morgan fingerprint density at radius 1 is 0.969 bits per heavy atom. The predicted octanol–water partition coefficient (Wildman–Crippen LogP) is 7.49. The maximum absolute atomic E-state index is 14.5. The van der Waals surface area contributed by atoms with E-state index < -0.39 is 29.1 Å². The minimum absolute atomic E-state index is 0.134. The third-order valence-corrected chi connectivity index (χ3v) is 6.74. The summed E-state index contributed by atoms with van der Waals surface area (Å²) in [5, 5.41) is 0. The zero-order valence-electron chi connectivity index (χ0n) is 19.0. The Labute approximate surface area is 188 Å². The van der Waals surface area contributed by atoms with E-state index in [9.17, 15) is 17.6 Å². The van der Waals surface area contributed by atoms with Crippen LogP contribution in [0.3, 0.4) is 0 Å². The highest BCUT2D eigenvalue weighted by atomic mass is 19.3. The fourth-order valence-electron chi connectivity index (χ4n) is 4.81. The third kappa shape index (κ3) is 6.18. The Hall–Kier alpha value is -1.76. The smallest absolute Gasteiger partial charge is 0.429 e. The first-order valence-corrected chi connectivity index (χ1v) is 11.8. The Bertz CT molecular complexity index is 773. The topological polar surface area (TPSA) is 27.7 Å². The van der Waals surface area contributed by atoms with E-state index >= 15 is 0 Å². The van der Waals surface area contributed by atoms with Gasteiger partial charge in [-0.2, -0.15) is 13.2 Å². The standard InChI is InChI=1S/C25H34F4O3/c1-3-4-5-16-31-19-10-6-17(7-11-19)18-8-12-20(13-9-18)32-25(28,29)21-14-15-22(30-2)24(27)23(21)26/h12,14-15,17-19H,3-11,13,16H2,1-2H3. The van der Waals surface area contributed by atoms with Gasteiger partial charge in [0, 0.05) is 13.0 Å². The molecule has 0 bridgehead atoms. The van der Waals surface area contributed by atoms with Crippen LogP contribution in [0.2, 0.25) is 0 Å². The first-order valence-electron chi connectivity index (χ1n) is 11.8. The molecule has 3 nitrogen and oxygen atoms in total. The number of ether oxygens (including phenoxy) is 3. The lowest BCUT2D eigenvalue weighted by Gasteiger charge is -2.35. The van der Waals surface area contributed by atoms with Gasteiger partial charge in [-0.1, -0.05) is 19.8 Å². The van der Waals surface area contributed by atoms with Gasteiger partial charge in [0.1, 0.15) is 5.56 Å². The summed E-state index contributed by atoms with van der Waals surface area (Å²) < 4.78 is 72.5. The van der Waals surface area contributed by atoms with Gasteiger partial charge in [-0.15, -0.1) is 0 Å². The van der Waals surface area contributed by atoms with Crippen LogP contribution in [0.4, 0.5) is 17.6 Å². The van der Waals surface area contributed by atoms with Crippen LogP contribution in [0.25, 0.3) is 0 Å². The Morgan fingerprint density at radius 3 is 2.34 bits per heavy atom. The summed E-state index contributed by atoms with van der Waals surface area (Å²) in [6.07, 6.45) is 7.68. The lowest BCUT2D eigenvalue weighted by molar-refractivity contribution is -0.228. The summed E-state index contributed by atoms with van der Waals surface area (Å²) in [6, 6.07) is 1.77. The molecule has 0 spiro atoms. The van der Waals surface area contributed by atoms with Crippen LogP contribution >= 0.6 is 0 Å². The molecule has 0 aromatic heterocycles. The van der Waals surface area contributed by atoms with Crippen molar-refractivity contribution >= 4 is 0 Å². The van der Waals surface area contributed by atoms with E-state index in [4.69, 9.17) is 9.47 Å². The summed E-state index contributed by atoms with van der Waals surface area (Å²) in [5.74, 6) is -2.39. The minimum atomic E-state index is -3.96. The molecule has 1 atom stereocenters. The SMILES string of the molecule is CCCCCOC1CCC(C2CC=C(OC(F)(F)c3ccc(OC)c(F)c3F)CC2)CC1. The van der Waals surface area contributed by atoms with Crippen molar-refractivity contribution in [3.8, 4) is 5.75 Å². The van der Waals surface area contributed by atoms with Gasteiger partial charge in [0.15, 0.2) is 11.6 Å². The van der Waals surface area contributed by atoms with Crippen LogP contribution in [0, 0.1) is 23.5 Å². The molecule has 180 valence electrons. The Morgan fingerprint density at radius 2 is 1.72 bits per heavy atom. The highest BCUT2D eigenvalue weighted by Gasteiger charge is 2.40. The molecule has 1 fully saturated rings. The number of benzene rings is 1. The maximum Gasteiger partial charge on any atom is 0.429 e. The van der Waals surface area contributed by atoms with Crippen LogP contribution in [0.5, 0.6) is 5.75 Å². The third-order valence-electron chi connectivity index (χ3n) is 6.74. The van der Waals surface area contributed by atoms with E-state index in [2.05, 4.69) is 11.7 Å². The van der Waals surface area contributed by atoms with Crippen LogP contribution in [0.1, 0.15) is 76.7 Å². The van der Waals surface area contributed by atoms with Crippen molar-refractivity contribution in [1.82, 2.24) is 0 Å². The molecule has 3 rings (SSSR count). The number of hydrogen-bond donors (Lipinski definition) is 0. The van der Waals surface area contributed by atoms with E-state index in [0.717, 1.165) is 64.4 Å². The largest absolute Gasteiger partial charge is 0.494 e. The highest BCUT2D eigenvalue weighted by molar-refractivity contribution is 5.32. The summed E-state index contributed by atoms with van der Waals surface area (Å²) in [5.41, 5.74) is -1.13. The van der Waals surface area contributed by atoms with Gasteiger partial charge in [0.2, 0.25) is 5.82 Å². The van der Waals surface area contributed by atoms with Gasteiger partial charge in [-0.3, -0.25) is 0 Å². The molecule has 0 saturated heterocycles. The fourth-order valence-corrected chi connectivity index (χ4v) is 4.81. The molecule has 0 aliphatic heterocycles. The van der Waals surface area contributed by atoms with Crippen LogP contribution in [0.15, 0.2) is 24.0 Å². The Kier molecular flexibility index (Phi) is 8.86. The number of alkyl halides is 2. The second-order valence-corrected chi connectivity index (χ2v) is 8.88. The number of allylic oxidation sites excluding steroid dienone is 2. The lowest BCUT2D eigenvalue weighted by atomic mass is 9.74. The second-order valence-electron chi connectivity index (χ2n) is 8.88. The molecule has 0 radical (unpaired) electrons. The molecule has 7 heteroatoms. The van der Waals surface area contributed by atoms with Crippen molar-refractivity contribution in [1.29, 1.82) is 0 Å². The van der Waals surface area contributed by atoms with Crippen molar-refractivity contribution < 1.29 is 31.8 Å². The average Bonchev–Trinajstić information content (AvgIpc) is 2.79. The van der Waals surface area contributed by atoms with Gasteiger partial charge < -0.3 is 14.2 Å². The first-order chi connectivity index (χ1) is 15.4. The lowest BCUT2D eigenvalue weighted by Crippen LogP contribution is -2.28. The molecular formula is C25H34F4O3. The Balaban J connectivity index is 1.50. The van der Waals surface area contributed by atoms with Crippen molar-refractivity contribution in [3.05, 3.63) is 41.2 Å². The number of methoxy groups -OCH3 is 1. The fraction of sp³-hybridized carbons (Fsp3) is 0.680. The van der Waals surface area contributed by atoms with Gasteiger partial charge in [-0.25, -0.2) is 4.39 Å². The highest BCUT2D eigenvalue weighted by Crippen LogP contribution is 2.42. The first kappa shape index (κ1) is 24.9. The molecular weight excluding hydrogens is 424 g/mol. The minimum Gasteiger partial charge on any atom is -0.494 e. The van der Waals surface area contributed by atoms with Crippen LogP contribution < -0.4 is 4.74 Å². The second kappa shape index (κ2) is 11.4. The molecule has 0 N–H and O–H groups in total. The van der Waals surface area contributed by atoms with E-state index in [1.165, 1.54) is 12.8 Å². The molecule has 0 heterocycles. The van der Waals surface area contributed by atoms with E-state index in [0.29, 0.717) is 30.8 Å². The molecule has 1 saturated carbocycles. The molecule has 1 aromatic rings.